The normalized spacial score (nSPS) is 13.9. The zero-order valence-electron chi connectivity index (χ0n) is 21.7. The monoisotopic (exact) mass is 564 g/mol. The van der Waals surface area contributed by atoms with E-state index in [4.69, 9.17) is 34.7 Å². The number of H-pyrrole nitrogens is 1. The van der Waals surface area contributed by atoms with Gasteiger partial charge in [0.05, 0.1) is 15.6 Å². The lowest BCUT2D eigenvalue weighted by Gasteiger charge is -2.27. The SMILES string of the molecule is NCCCCCCCCCNC(=O)CN=C/C=C(\N)c1cc(Cl)c(Cl)c2[nH]c3c(c12)CN(C(=O)CO)CC3. The second-order valence-electron chi connectivity index (χ2n) is 9.50. The minimum Gasteiger partial charge on any atom is -0.398 e. The Bertz CT molecular complexity index is 1180. The van der Waals surface area contributed by atoms with Crippen LogP contribution in [0, 0.1) is 0 Å². The number of carbonyl (C=O) groups excluding carboxylic acids is 2. The fraction of sp³-hybridized carbons (Fsp3) is 0.519. The molecule has 0 saturated carbocycles. The summed E-state index contributed by atoms with van der Waals surface area (Å²) in [5.74, 6) is -0.472. The van der Waals surface area contributed by atoms with Crippen molar-refractivity contribution in [3.8, 4) is 0 Å². The number of allylic oxidation sites excluding steroid dienone is 1. The molecule has 0 aliphatic carbocycles. The number of aromatic nitrogens is 1. The summed E-state index contributed by atoms with van der Waals surface area (Å²) in [6.45, 7) is 1.70. The number of nitrogens with one attached hydrogen (secondary N) is 2. The molecule has 0 atom stereocenters. The average Bonchev–Trinajstić information content (AvgIpc) is 3.30. The Morgan fingerprint density at radius 1 is 1.16 bits per heavy atom. The number of fused-ring (bicyclic) bond motifs is 3. The summed E-state index contributed by atoms with van der Waals surface area (Å²) in [6.07, 6.45) is 11.7. The Labute approximate surface area is 233 Å². The first-order valence-electron chi connectivity index (χ1n) is 13.2. The molecule has 1 aliphatic heterocycles. The molecule has 0 saturated heterocycles. The van der Waals surface area contributed by atoms with Crippen LogP contribution in [-0.4, -0.2) is 65.8 Å². The quantitative estimate of drug-likeness (QED) is 0.176. The Balaban J connectivity index is 1.58. The molecule has 9 nitrogen and oxygen atoms in total. The summed E-state index contributed by atoms with van der Waals surface area (Å²) in [7, 11) is 0. The first-order chi connectivity index (χ1) is 18.4. The highest BCUT2D eigenvalue weighted by molar-refractivity contribution is 6.45. The van der Waals surface area contributed by atoms with Crippen molar-refractivity contribution in [2.75, 3.05) is 32.8 Å². The van der Waals surface area contributed by atoms with Crippen molar-refractivity contribution in [2.24, 2.45) is 16.5 Å². The number of unbranched alkanes of at least 4 members (excludes halogenated alkanes) is 6. The molecule has 0 fully saturated rings. The summed E-state index contributed by atoms with van der Waals surface area (Å²) >= 11 is 12.9. The van der Waals surface area contributed by atoms with E-state index >= 15 is 0 Å². The number of rotatable bonds is 14. The van der Waals surface area contributed by atoms with Crippen LogP contribution in [0.2, 0.25) is 10.0 Å². The van der Waals surface area contributed by atoms with E-state index in [1.54, 1.807) is 17.0 Å². The van der Waals surface area contributed by atoms with Gasteiger partial charge in [-0.05, 0) is 31.5 Å². The van der Waals surface area contributed by atoms with Crippen molar-refractivity contribution in [3.05, 3.63) is 39.0 Å². The molecule has 0 unspecified atom stereocenters. The number of aliphatic hydroxyl groups is 1. The number of halogens is 2. The molecule has 1 aliphatic rings. The van der Waals surface area contributed by atoms with Crippen molar-refractivity contribution in [2.45, 2.75) is 57.9 Å². The lowest BCUT2D eigenvalue weighted by atomic mass is 9.99. The molecule has 0 radical (unpaired) electrons. The van der Waals surface area contributed by atoms with Gasteiger partial charge in [-0.15, -0.1) is 0 Å². The number of nitrogens with zero attached hydrogens (tertiary/aromatic N) is 2. The first-order valence-corrected chi connectivity index (χ1v) is 14.0. The number of hydrogen-bond acceptors (Lipinski definition) is 6. The molecule has 7 N–H and O–H groups in total. The zero-order valence-corrected chi connectivity index (χ0v) is 23.2. The molecule has 0 spiro atoms. The Kier molecular flexibility index (Phi) is 11.9. The molecule has 208 valence electrons. The summed E-state index contributed by atoms with van der Waals surface area (Å²) in [4.78, 5) is 33.3. The van der Waals surface area contributed by atoms with E-state index in [-0.39, 0.29) is 18.4 Å². The number of aromatic amines is 1. The highest BCUT2D eigenvalue weighted by Crippen LogP contribution is 2.39. The Morgan fingerprint density at radius 3 is 2.58 bits per heavy atom. The van der Waals surface area contributed by atoms with E-state index in [1.807, 2.05) is 0 Å². The standard InChI is InChI=1S/C27H38Cl2N6O3/c28-20-14-18(25-19-16-35(24(38)17-36)13-9-22(19)34-27(25)26(20)29)21(31)8-12-32-15-23(37)33-11-7-5-3-1-2-4-6-10-30/h8,12,14,34,36H,1-7,9-11,13,15-17,30-31H2,(H,33,37)/b21-8-,32-12?. The third-order valence-electron chi connectivity index (χ3n) is 6.74. The highest BCUT2D eigenvalue weighted by Gasteiger charge is 2.27. The van der Waals surface area contributed by atoms with Gasteiger partial charge in [0.25, 0.3) is 0 Å². The Morgan fingerprint density at radius 2 is 1.87 bits per heavy atom. The molecule has 1 aromatic heterocycles. The van der Waals surface area contributed by atoms with Crippen molar-refractivity contribution in [3.63, 3.8) is 0 Å². The lowest BCUT2D eigenvalue weighted by molar-refractivity contribution is -0.135. The van der Waals surface area contributed by atoms with Crippen LogP contribution in [0.1, 0.15) is 61.8 Å². The molecule has 2 aromatic rings. The minimum atomic E-state index is -0.543. The second-order valence-corrected chi connectivity index (χ2v) is 10.3. The summed E-state index contributed by atoms with van der Waals surface area (Å²) in [6, 6.07) is 1.69. The summed E-state index contributed by atoms with van der Waals surface area (Å²) < 4.78 is 0. The van der Waals surface area contributed by atoms with Crippen molar-refractivity contribution < 1.29 is 14.7 Å². The zero-order chi connectivity index (χ0) is 27.5. The van der Waals surface area contributed by atoms with Gasteiger partial charge in [-0.3, -0.25) is 14.6 Å². The first kappa shape index (κ1) is 30.0. The second kappa shape index (κ2) is 15.1. The topological polar surface area (TPSA) is 150 Å². The predicted molar refractivity (Wildman–Crippen MR) is 154 cm³/mol. The molecule has 1 aromatic carbocycles. The fourth-order valence-corrected chi connectivity index (χ4v) is 5.07. The van der Waals surface area contributed by atoms with Crippen molar-refractivity contribution in [1.82, 2.24) is 15.2 Å². The number of hydrogen-bond donors (Lipinski definition) is 5. The van der Waals surface area contributed by atoms with Gasteiger partial charge in [-0.1, -0.05) is 55.3 Å². The van der Waals surface area contributed by atoms with E-state index in [2.05, 4.69) is 15.3 Å². The third-order valence-corrected chi connectivity index (χ3v) is 7.53. The summed E-state index contributed by atoms with van der Waals surface area (Å²) in [5.41, 5.74) is 15.5. The molecule has 11 heteroatoms. The minimum absolute atomic E-state index is 0.0113. The van der Waals surface area contributed by atoms with Crippen LogP contribution in [0.25, 0.3) is 16.6 Å². The van der Waals surface area contributed by atoms with Gasteiger partial charge in [0, 0.05) is 60.2 Å². The smallest absolute Gasteiger partial charge is 0.248 e. The molecule has 0 bridgehead atoms. The van der Waals surface area contributed by atoms with Crippen LogP contribution < -0.4 is 16.8 Å². The number of benzene rings is 1. The van der Waals surface area contributed by atoms with E-state index in [0.29, 0.717) is 52.9 Å². The van der Waals surface area contributed by atoms with E-state index in [0.717, 1.165) is 42.5 Å². The van der Waals surface area contributed by atoms with Gasteiger partial charge in [0.2, 0.25) is 11.8 Å². The van der Waals surface area contributed by atoms with E-state index in [1.165, 1.54) is 31.9 Å². The number of aliphatic imine (C=N–C) groups is 1. The van der Waals surface area contributed by atoms with Crippen LogP contribution in [0.3, 0.4) is 0 Å². The van der Waals surface area contributed by atoms with Gasteiger partial charge in [-0.25, -0.2) is 0 Å². The summed E-state index contributed by atoms with van der Waals surface area (Å²) in [5, 5.41) is 13.7. The highest BCUT2D eigenvalue weighted by atomic mass is 35.5. The van der Waals surface area contributed by atoms with Crippen LogP contribution in [0.5, 0.6) is 0 Å². The van der Waals surface area contributed by atoms with Gasteiger partial charge in [0.15, 0.2) is 0 Å². The maximum Gasteiger partial charge on any atom is 0.248 e. The maximum atomic E-state index is 12.1. The Hall–Kier alpha value is -2.59. The van der Waals surface area contributed by atoms with Crippen molar-refractivity contribution >= 4 is 57.8 Å². The maximum absolute atomic E-state index is 12.1. The van der Waals surface area contributed by atoms with Gasteiger partial charge >= 0.3 is 0 Å². The molecular weight excluding hydrogens is 527 g/mol. The molecule has 3 rings (SSSR count). The number of aliphatic hydroxyl groups excluding tert-OH is 1. The van der Waals surface area contributed by atoms with Crippen LogP contribution in [0.4, 0.5) is 0 Å². The van der Waals surface area contributed by atoms with E-state index in [9.17, 15) is 14.7 Å². The van der Waals surface area contributed by atoms with Crippen LogP contribution in [-0.2, 0) is 22.6 Å². The van der Waals surface area contributed by atoms with Crippen molar-refractivity contribution in [1.29, 1.82) is 0 Å². The third kappa shape index (κ3) is 7.96. The number of carbonyl (C=O) groups is 2. The van der Waals surface area contributed by atoms with E-state index < -0.39 is 6.61 Å². The van der Waals surface area contributed by atoms with Crippen LogP contribution >= 0.6 is 23.2 Å². The van der Waals surface area contributed by atoms with Crippen LogP contribution in [0.15, 0.2) is 17.1 Å². The average molecular weight is 566 g/mol. The number of nitrogens with two attached hydrogens (primary N) is 2. The van der Waals surface area contributed by atoms with Gasteiger partial charge in [0.1, 0.15) is 13.2 Å². The molecule has 2 heterocycles. The largest absolute Gasteiger partial charge is 0.398 e. The van der Waals surface area contributed by atoms with Gasteiger partial charge in [-0.2, -0.15) is 0 Å². The molecular formula is C27H38Cl2N6O3. The van der Waals surface area contributed by atoms with Gasteiger partial charge < -0.3 is 31.8 Å². The number of amides is 2. The fourth-order valence-electron chi connectivity index (χ4n) is 4.67. The lowest BCUT2D eigenvalue weighted by Crippen LogP contribution is -2.37. The predicted octanol–water partition coefficient (Wildman–Crippen LogP) is 3.53. The molecule has 38 heavy (non-hydrogen) atoms. The molecule has 2 amide bonds.